The molecule has 35 heavy (non-hydrogen) atoms. The summed E-state index contributed by atoms with van der Waals surface area (Å²) in [5, 5.41) is 7.96. The van der Waals surface area contributed by atoms with E-state index in [0.717, 1.165) is 38.9 Å². The smallest absolute Gasteiger partial charge is 0.249 e. The lowest BCUT2D eigenvalue weighted by Gasteiger charge is -2.28. The highest BCUT2D eigenvalue weighted by atomic mass is 35.5. The second-order valence-electron chi connectivity index (χ2n) is 8.59. The molecule has 0 saturated heterocycles. The van der Waals surface area contributed by atoms with E-state index in [-0.39, 0.29) is 30.3 Å². The monoisotopic (exact) mass is 493 g/mol. The zero-order valence-electron chi connectivity index (χ0n) is 20.3. The standard InChI is InChI=1S/C28H31N3O3.ClH/c1-5-19-10-13-22-21(16-19)12-15-26(34-4)23(22)17-31-25-9-7-6-8-20(25)11-14-24(28(31)33)30-27(32)18(2)29-3;/h5-10,12-13,15-16,18,24,29H,1,11,14,17H2,2-4H3,(H,30,32);1H. The lowest BCUT2D eigenvalue weighted by molar-refractivity contribution is -0.128. The Morgan fingerprint density at radius 3 is 2.71 bits per heavy atom. The van der Waals surface area contributed by atoms with Crippen LogP contribution in [0.15, 0.2) is 61.2 Å². The summed E-state index contributed by atoms with van der Waals surface area (Å²) in [5.41, 5.74) is 3.91. The molecule has 3 aromatic carbocycles. The van der Waals surface area contributed by atoms with Crippen molar-refractivity contribution in [1.29, 1.82) is 0 Å². The second-order valence-corrected chi connectivity index (χ2v) is 8.59. The van der Waals surface area contributed by atoms with Crippen molar-refractivity contribution in [3.63, 3.8) is 0 Å². The summed E-state index contributed by atoms with van der Waals surface area (Å²) in [6, 6.07) is 17.0. The summed E-state index contributed by atoms with van der Waals surface area (Å²) >= 11 is 0. The number of nitrogens with one attached hydrogen (secondary N) is 2. The van der Waals surface area contributed by atoms with Gasteiger partial charge in [0.2, 0.25) is 11.8 Å². The van der Waals surface area contributed by atoms with Gasteiger partial charge in [-0.25, -0.2) is 0 Å². The van der Waals surface area contributed by atoms with Crippen LogP contribution in [-0.4, -0.2) is 38.1 Å². The van der Waals surface area contributed by atoms with Crippen molar-refractivity contribution >= 4 is 46.8 Å². The van der Waals surface area contributed by atoms with Gasteiger partial charge in [0.15, 0.2) is 0 Å². The van der Waals surface area contributed by atoms with E-state index in [9.17, 15) is 9.59 Å². The van der Waals surface area contributed by atoms with E-state index in [1.165, 1.54) is 0 Å². The number of likely N-dealkylation sites (N-methyl/N-ethyl adjacent to an activating group) is 1. The first-order chi connectivity index (χ1) is 16.5. The average molecular weight is 494 g/mol. The van der Waals surface area contributed by atoms with Gasteiger partial charge in [0.1, 0.15) is 11.8 Å². The fourth-order valence-electron chi connectivity index (χ4n) is 4.47. The average Bonchev–Trinajstić information content (AvgIpc) is 3.00. The van der Waals surface area contributed by atoms with Crippen LogP contribution < -0.4 is 20.3 Å². The number of halogens is 1. The zero-order chi connectivity index (χ0) is 24.2. The van der Waals surface area contributed by atoms with Crippen molar-refractivity contribution in [1.82, 2.24) is 10.6 Å². The van der Waals surface area contributed by atoms with Crippen molar-refractivity contribution in [2.24, 2.45) is 0 Å². The Morgan fingerprint density at radius 1 is 1.23 bits per heavy atom. The van der Waals surface area contributed by atoms with Gasteiger partial charge in [-0.1, -0.05) is 49.1 Å². The lowest BCUT2D eigenvalue weighted by atomic mass is 10.00. The SMILES string of the molecule is C=Cc1ccc2c(CN3C(=O)C(NC(=O)C(C)NC)CCc4ccccc43)c(OC)ccc2c1.Cl. The molecule has 0 bridgehead atoms. The molecule has 0 spiro atoms. The Balaban J connectivity index is 0.00000342. The van der Waals surface area contributed by atoms with Crippen LogP contribution in [0.3, 0.4) is 0 Å². The van der Waals surface area contributed by atoms with Gasteiger partial charge in [0.25, 0.3) is 0 Å². The molecule has 0 radical (unpaired) electrons. The summed E-state index contributed by atoms with van der Waals surface area (Å²) in [4.78, 5) is 28.2. The number of hydrogen-bond acceptors (Lipinski definition) is 4. The third kappa shape index (κ3) is 5.34. The van der Waals surface area contributed by atoms with Crippen LogP contribution in [0, 0.1) is 0 Å². The Bertz CT molecular complexity index is 1240. The minimum absolute atomic E-state index is 0. The summed E-state index contributed by atoms with van der Waals surface area (Å²) in [5.74, 6) is 0.410. The van der Waals surface area contributed by atoms with E-state index in [1.807, 2.05) is 54.6 Å². The molecule has 1 aliphatic rings. The molecule has 7 heteroatoms. The predicted octanol–water partition coefficient (Wildman–Crippen LogP) is 4.49. The molecule has 2 unspecified atom stereocenters. The number of rotatable bonds is 7. The second kappa shape index (κ2) is 11.4. The number of para-hydroxylation sites is 1. The van der Waals surface area contributed by atoms with E-state index in [1.54, 1.807) is 26.0 Å². The van der Waals surface area contributed by atoms with E-state index >= 15 is 0 Å². The van der Waals surface area contributed by atoms with E-state index in [2.05, 4.69) is 23.3 Å². The van der Waals surface area contributed by atoms with Crippen molar-refractivity contribution in [2.75, 3.05) is 19.1 Å². The number of aryl methyl sites for hydroxylation is 1. The third-order valence-electron chi connectivity index (χ3n) is 6.58. The number of hydrogen-bond donors (Lipinski definition) is 2. The summed E-state index contributed by atoms with van der Waals surface area (Å²) in [7, 11) is 3.37. The highest BCUT2D eigenvalue weighted by molar-refractivity contribution is 6.01. The molecule has 2 amide bonds. The highest BCUT2D eigenvalue weighted by Crippen LogP contribution is 2.34. The van der Waals surface area contributed by atoms with Gasteiger partial charge in [0, 0.05) is 11.3 Å². The number of nitrogens with zero attached hydrogens (tertiary/aromatic N) is 1. The molecule has 0 aromatic heterocycles. The molecule has 1 aliphatic heterocycles. The number of amides is 2. The minimum Gasteiger partial charge on any atom is -0.496 e. The summed E-state index contributed by atoms with van der Waals surface area (Å²) < 4.78 is 5.71. The Hall–Kier alpha value is -3.35. The first-order valence-electron chi connectivity index (χ1n) is 11.6. The minimum atomic E-state index is -0.607. The Kier molecular flexibility index (Phi) is 8.54. The van der Waals surface area contributed by atoms with Crippen LogP contribution in [0.25, 0.3) is 16.8 Å². The van der Waals surface area contributed by atoms with E-state index in [0.29, 0.717) is 19.4 Å². The number of carbonyl (C=O) groups is 2. The number of methoxy groups -OCH3 is 1. The number of carbonyl (C=O) groups excluding carboxylic acids is 2. The van der Waals surface area contributed by atoms with Crippen molar-refractivity contribution in [2.45, 2.75) is 38.4 Å². The molecule has 0 saturated carbocycles. The maximum Gasteiger partial charge on any atom is 0.249 e. The van der Waals surface area contributed by atoms with Crippen LogP contribution in [-0.2, 0) is 22.6 Å². The summed E-state index contributed by atoms with van der Waals surface area (Å²) in [6.07, 6.45) is 3.06. The lowest BCUT2D eigenvalue weighted by Crippen LogP contribution is -2.52. The van der Waals surface area contributed by atoms with Crippen LogP contribution in [0.5, 0.6) is 5.75 Å². The summed E-state index contributed by atoms with van der Waals surface area (Å²) in [6.45, 7) is 5.98. The topological polar surface area (TPSA) is 70.7 Å². The van der Waals surface area contributed by atoms with E-state index in [4.69, 9.17) is 4.74 Å². The van der Waals surface area contributed by atoms with Gasteiger partial charge >= 0.3 is 0 Å². The van der Waals surface area contributed by atoms with Crippen molar-refractivity contribution in [3.8, 4) is 5.75 Å². The van der Waals surface area contributed by atoms with Gasteiger partial charge in [-0.2, -0.15) is 0 Å². The fourth-order valence-corrected chi connectivity index (χ4v) is 4.47. The van der Waals surface area contributed by atoms with Gasteiger partial charge in [-0.15, -0.1) is 12.4 Å². The van der Waals surface area contributed by atoms with Gasteiger partial charge in [0.05, 0.1) is 19.7 Å². The van der Waals surface area contributed by atoms with Gasteiger partial charge < -0.3 is 20.3 Å². The zero-order valence-corrected chi connectivity index (χ0v) is 21.2. The first-order valence-corrected chi connectivity index (χ1v) is 11.6. The third-order valence-corrected chi connectivity index (χ3v) is 6.58. The van der Waals surface area contributed by atoms with Crippen LogP contribution in [0.1, 0.15) is 30.0 Å². The van der Waals surface area contributed by atoms with Crippen molar-refractivity contribution in [3.05, 3.63) is 77.9 Å². The molecule has 6 nitrogen and oxygen atoms in total. The quantitative estimate of drug-likeness (QED) is 0.509. The van der Waals surface area contributed by atoms with Gasteiger partial charge in [-0.05, 0) is 66.9 Å². The number of ether oxygens (including phenoxy) is 1. The fraction of sp³-hybridized carbons (Fsp3) is 0.286. The van der Waals surface area contributed by atoms with E-state index < -0.39 is 6.04 Å². The van der Waals surface area contributed by atoms with Crippen LogP contribution in [0.2, 0.25) is 0 Å². The normalized spacial score (nSPS) is 16.0. The van der Waals surface area contributed by atoms with Gasteiger partial charge in [-0.3, -0.25) is 9.59 Å². The van der Waals surface area contributed by atoms with Crippen LogP contribution >= 0.6 is 12.4 Å². The Morgan fingerprint density at radius 2 is 2.00 bits per heavy atom. The molecule has 1 heterocycles. The van der Waals surface area contributed by atoms with Crippen molar-refractivity contribution < 1.29 is 14.3 Å². The number of fused-ring (bicyclic) bond motifs is 2. The molecule has 3 aromatic rings. The molecule has 0 fully saturated rings. The largest absolute Gasteiger partial charge is 0.496 e. The highest BCUT2D eigenvalue weighted by Gasteiger charge is 2.32. The number of anilines is 1. The molecule has 2 N–H and O–H groups in total. The maximum atomic E-state index is 13.8. The number of benzene rings is 3. The molecular formula is C28H32ClN3O3. The molecule has 2 atom stereocenters. The molecule has 4 rings (SSSR count). The maximum absolute atomic E-state index is 13.8. The first kappa shape index (κ1) is 26.3. The Labute approximate surface area is 212 Å². The molecular weight excluding hydrogens is 462 g/mol. The van der Waals surface area contributed by atoms with Crippen LogP contribution in [0.4, 0.5) is 5.69 Å². The molecule has 0 aliphatic carbocycles. The molecule has 184 valence electrons. The predicted molar refractivity (Wildman–Crippen MR) is 144 cm³/mol.